The van der Waals surface area contributed by atoms with E-state index < -0.39 is 0 Å². The van der Waals surface area contributed by atoms with Crippen LogP contribution in [-0.2, 0) is 11.3 Å². The van der Waals surface area contributed by atoms with Crippen LogP contribution in [0.3, 0.4) is 0 Å². The highest BCUT2D eigenvalue weighted by atomic mass is 16.5. The lowest BCUT2D eigenvalue weighted by atomic mass is 10.1. The number of rotatable bonds is 4. The summed E-state index contributed by atoms with van der Waals surface area (Å²) in [4.78, 5) is 4.29. The smallest absolute Gasteiger partial charge is 0.130 e. The molecule has 0 amide bonds. The predicted molar refractivity (Wildman–Crippen MR) is 66.7 cm³/mol. The zero-order valence-corrected chi connectivity index (χ0v) is 9.89. The Hall–Kier alpha value is -1.65. The highest BCUT2D eigenvalue weighted by Gasteiger charge is 2.07. The second-order valence-corrected chi connectivity index (χ2v) is 4.09. The zero-order chi connectivity index (χ0) is 12.1. The van der Waals surface area contributed by atoms with Crippen molar-refractivity contribution >= 4 is 0 Å². The molecule has 3 N–H and O–H groups in total. The highest BCUT2D eigenvalue weighted by molar-refractivity contribution is 5.20. The Morgan fingerprint density at radius 2 is 2.41 bits per heavy atom. The van der Waals surface area contributed by atoms with E-state index in [1.807, 2.05) is 43.5 Å². The number of hydrazine groups is 1. The number of aryl methyl sites for hydroxylation is 1. The Morgan fingerprint density at radius 3 is 3.00 bits per heavy atom. The van der Waals surface area contributed by atoms with E-state index in [9.17, 15) is 0 Å². The molecule has 1 unspecified atom stereocenters. The van der Waals surface area contributed by atoms with Crippen LogP contribution in [-0.4, -0.2) is 11.0 Å². The summed E-state index contributed by atoms with van der Waals surface area (Å²) in [5.41, 5.74) is 4.79. The van der Waals surface area contributed by atoms with Crippen LogP contribution in [0.4, 0.5) is 0 Å². The number of aromatic nitrogens is 1. The third-order valence-electron chi connectivity index (χ3n) is 2.64. The number of nitrogens with two attached hydrogens (primary N) is 1. The van der Waals surface area contributed by atoms with Crippen LogP contribution in [0, 0.1) is 6.92 Å². The van der Waals surface area contributed by atoms with Gasteiger partial charge in [0.1, 0.15) is 12.4 Å². The van der Waals surface area contributed by atoms with Gasteiger partial charge in [0.2, 0.25) is 0 Å². The quantitative estimate of drug-likeness (QED) is 0.610. The molecular formula is C13H17N3O. The van der Waals surface area contributed by atoms with E-state index >= 15 is 0 Å². The lowest BCUT2D eigenvalue weighted by Crippen LogP contribution is -2.33. The van der Waals surface area contributed by atoms with Gasteiger partial charge in [-0.2, -0.15) is 0 Å². The molecule has 4 heteroatoms. The van der Waals surface area contributed by atoms with Gasteiger partial charge in [-0.1, -0.05) is 12.1 Å². The number of nitrogens with zero attached hydrogens (tertiary/aromatic N) is 1. The number of allylic oxidation sites excluding steroid dienone is 1. The van der Waals surface area contributed by atoms with Gasteiger partial charge in [-0.15, -0.1) is 0 Å². The van der Waals surface area contributed by atoms with E-state index in [1.165, 1.54) is 0 Å². The molecule has 1 aliphatic carbocycles. The summed E-state index contributed by atoms with van der Waals surface area (Å²) in [6.07, 6.45) is 8.65. The van der Waals surface area contributed by atoms with Crippen LogP contribution in [0.2, 0.25) is 0 Å². The third kappa shape index (κ3) is 3.41. The first kappa shape index (κ1) is 11.8. The maximum atomic E-state index is 5.64. The number of nitrogens with one attached hydrogen (secondary N) is 1. The fourth-order valence-electron chi connectivity index (χ4n) is 1.57. The van der Waals surface area contributed by atoms with Crippen LogP contribution in [0.5, 0.6) is 0 Å². The molecule has 0 aliphatic heterocycles. The summed E-state index contributed by atoms with van der Waals surface area (Å²) in [7, 11) is 0. The van der Waals surface area contributed by atoms with Gasteiger partial charge in [-0.25, -0.2) is 0 Å². The number of pyridine rings is 1. The Bertz CT molecular complexity index is 423. The van der Waals surface area contributed by atoms with Crippen molar-refractivity contribution in [3.8, 4) is 0 Å². The molecule has 1 aliphatic rings. The summed E-state index contributed by atoms with van der Waals surface area (Å²) in [5.74, 6) is 6.22. The monoisotopic (exact) mass is 231 g/mol. The highest BCUT2D eigenvalue weighted by Crippen LogP contribution is 2.13. The summed E-state index contributed by atoms with van der Waals surface area (Å²) in [6.45, 7) is 2.52. The number of hydrogen-bond donors (Lipinski definition) is 2. The lowest BCUT2D eigenvalue weighted by Gasteiger charge is -2.15. The van der Waals surface area contributed by atoms with E-state index in [-0.39, 0.29) is 6.04 Å². The number of ether oxygens (including phenoxy) is 1. The van der Waals surface area contributed by atoms with Gasteiger partial charge in [-0.05, 0) is 37.1 Å². The molecule has 17 heavy (non-hydrogen) atoms. The lowest BCUT2D eigenvalue weighted by molar-refractivity contribution is 0.204. The Balaban J connectivity index is 1.85. The van der Waals surface area contributed by atoms with Crippen molar-refractivity contribution < 1.29 is 4.74 Å². The molecular weight excluding hydrogens is 214 g/mol. The molecule has 1 heterocycles. The summed E-state index contributed by atoms with van der Waals surface area (Å²) in [6, 6.07) is 4.22. The van der Waals surface area contributed by atoms with Crippen LogP contribution >= 0.6 is 0 Å². The Kier molecular flexibility index (Phi) is 3.90. The molecule has 0 saturated carbocycles. The minimum atomic E-state index is 0.208. The number of hydrogen-bond acceptors (Lipinski definition) is 4. The van der Waals surface area contributed by atoms with Gasteiger partial charge in [0.05, 0.1) is 5.69 Å². The van der Waals surface area contributed by atoms with Gasteiger partial charge in [-0.3, -0.25) is 16.3 Å². The molecule has 0 radical (unpaired) electrons. The van der Waals surface area contributed by atoms with Gasteiger partial charge < -0.3 is 4.74 Å². The largest absolute Gasteiger partial charge is 0.488 e. The van der Waals surface area contributed by atoms with E-state index in [0.717, 1.165) is 23.4 Å². The minimum Gasteiger partial charge on any atom is -0.488 e. The molecule has 2 rings (SSSR count). The molecule has 0 spiro atoms. The van der Waals surface area contributed by atoms with Crippen LogP contribution in [0.15, 0.2) is 42.3 Å². The fraction of sp³-hybridized carbons (Fsp3) is 0.308. The molecule has 0 fully saturated rings. The SMILES string of the molecule is Cc1ccc(COC2=CCC(NN)C=C2)nc1. The third-order valence-corrected chi connectivity index (χ3v) is 2.64. The van der Waals surface area contributed by atoms with Crippen molar-refractivity contribution in [2.45, 2.75) is 26.0 Å². The van der Waals surface area contributed by atoms with Crippen LogP contribution in [0.25, 0.3) is 0 Å². The second kappa shape index (κ2) is 5.61. The van der Waals surface area contributed by atoms with E-state index in [2.05, 4.69) is 10.4 Å². The molecule has 1 atom stereocenters. The van der Waals surface area contributed by atoms with E-state index in [1.54, 1.807) is 0 Å². The summed E-state index contributed by atoms with van der Waals surface area (Å²) < 4.78 is 5.64. The summed E-state index contributed by atoms with van der Waals surface area (Å²) in [5, 5.41) is 0. The zero-order valence-electron chi connectivity index (χ0n) is 9.89. The van der Waals surface area contributed by atoms with Crippen molar-refractivity contribution in [2.24, 2.45) is 5.84 Å². The molecule has 0 saturated heterocycles. The topological polar surface area (TPSA) is 60.2 Å². The van der Waals surface area contributed by atoms with Gasteiger partial charge >= 0.3 is 0 Å². The normalized spacial score (nSPS) is 18.9. The van der Waals surface area contributed by atoms with Crippen molar-refractivity contribution in [3.63, 3.8) is 0 Å². The Labute approximate surface area is 101 Å². The van der Waals surface area contributed by atoms with Crippen molar-refractivity contribution in [3.05, 3.63) is 53.6 Å². The van der Waals surface area contributed by atoms with Crippen molar-refractivity contribution in [2.75, 3.05) is 0 Å². The Morgan fingerprint density at radius 1 is 1.53 bits per heavy atom. The molecule has 0 bridgehead atoms. The maximum Gasteiger partial charge on any atom is 0.130 e. The van der Waals surface area contributed by atoms with Gasteiger partial charge in [0, 0.05) is 12.2 Å². The first-order valence-electron chi connectivity index (χ1n) is 5.67. The molecule has 1 aromatic rings. The minimum absolute atomic E-state index is 0.208. The van der Waals surface area contributed by atoms with Gasteiger partial charge in [0.25, 0.3) is 0 Å². The molecule has 0 aromatic carbocycles. The van der Waals surface area contributed by atoms with E-state index in [0.29, 0.717) is 6.61 Å². The standard InChI is InChI=1S/C13H17N3O/c1-10-2-3-12(15-8-10)9-17-13-6-4-11(16-14)5-7-13/h2-4,6-8,11,16H,5,9,14H2,1H3. The predicted octanol–water partition coefficient (Wildman–Crippen LogP) is 1.58. The fourth-order valence-corrected chi connectivity index (χ4v) is 1.57. The first-order chi connectivity index (χ1) is 8.28. The summed E-state index contributed by atoms with van der Waals surface area (Å²) >= 11 is 0. The molecule has 90 valence electrons. The molecule has 4 nitrogen and oxygen atoms in total. The molecule has 1 aromatic heterocycles. The van der Waals surface area contributed by atoms with Crippen LogP contribution in [0.1, 0.15) is 17.7 Å². The maximum absolute atomic E-state index is 5.64. The first-order valence-corrected chi connectivity index (χ1v) is 5.67. The van der Waals surface area contributed by atoms with Crippen LogP contribution < -0.4 is 11.3 Å². The average molecular weight is 231 g/mol. The second-order valence-electron chi connectivity index (χ2n) is 4.09. The van der Waals surface area contributed by atoms with Gasteiger partial charge in [0.15, 0.2) is 0 Å². The van der Waals surface area contributed by atoms with Crippen molar-refractivity contribution in [1.29, 1.82) is 0 Å². The van der Waals surface area contributed by atoms with Crippen molar-refractivity contribution in [1.82, 2.24) is 10.4 Å². The average Bonchev–Trinajstić information content (AvgIpc) is 2.39. The van der Waals surface area contributed by atoms with E-state index in [4.69, 9.17) is 10.6 Å².